The van der Waals surface area contributed by atoms with Crippen molar-refractivity contribution in [2.24, 2.45) is 0 Å². The summed E-state index contributed by atoms with van der Waals surface area (Å²) >= 11 is 3.34. The van der Waals surface area contributed by atoms with Crippen LogP contribution in [0.15, 0.2) is 27.6 Å². The summed E-state index contributed by atoms with van der Waals surface area (Å²) in [4.78, 5) is 23.4. The summed E-state index contributed by atoms with van der Waals surface area (Å²) in [7, 11) is -3.27. The standard InChI is InChI=1S/C18H22BrN3O4S.C2HF3O2/c1-27(24,25)14-5-7-17(15(19)9-14)26-11-12-4-6-16(21-12)18(23)22-8-2-3-13(22)10-20;3-2(4,5)1(6)7/h5,7,9,12-13,16,21H,2-4,6,8,11H2,1H3;(H,6,7)/t12-,13+,16+;/m1./s1. The molecule has 3 rings (SSSR count). The van der Waals surface area contributed by atoms with E-state index in [0.29, 0.717) is 23.4 Å². The molecular formula is C20H23BrF3N3O6S. The molecule has 1 aromatic rings. The van der Waals surface area contributed by atoms with Crippen LogP contribution in [0, 0.1) is 11.3 Å². The number of likely N-dealkylation sites (tertiary alicyclic amines) is 1. The van der Waals surface area contributed by atoms with Gasteiger partial charge < -0.3 is 14.7 Å². The minimum atomic E-state index is -5.08. The number of nitrogens with zero attached hydrogens (tertiary/aromatic N) is 2. The lowest BCUT2D eigenvalue weighted by Gasteiger charge is -2.24. The van der Waals surface area contributed by atoms with Gasteiger partial charge in [0.05, 0.1) is 21.5 Å². The molecule has 0 aromatic heterocycles. The van der Waals surface area contributed by atoms with Gasteiger partial charge in [0.25, 0.3) is 0 Å². The van der Waals surface area contributed by atoms with Crippen LogP contribution in [0.3, 0.4) is 0 Å². The van der Waals surface area contributed by atoms with E-state index in [9.17, 15) is 26.4 Å². The summed E-state index contributed by atoms with van der Waals surface area (Å²) < 4.78 is 61.3. The van der Waals surface area contributed by atoms with E-state index in [1.165, 1.54) is 12.1 Å². The Kier molecular flexibility index (Phi) is 9.32. The molecule has 1 aromatic carbocycles. The summed E-state index contributed by atoms with van der Waals surface area (Å²) in [6.45, 7) is 1.03. The fraction of sp³-hybridized carbons (Fsp3) is 0.550. The maximum Gasteiger partial charge on any atom is 0.490 e. The highest BCUT2D eigenvalue weighted by atomic mass is 79.9. The quantitative estimate of drug-likeness (QED) is 0.551. The van der Waals surface area contributed by atoms with Gasteiger partial charge in [0.1, 0.15) is 18.4 Å². The van der Waals surface area contributed by atoms with Gasteiger partial charge >= 0.3 is 12.1 Å². The minimum Gasteiger partial charge on any atom is -0.491 e. The molecule has 2 fully saturated rings. The molecule has 34 heavy (non-hydrogen) atoms. The topological polar surface area (TPSA) is 137 Å². The van der Waals surface area contributed by atoms with Crippen molar-refractivity contribution in [3.05, 3.63) is 22.7 Å². The molecule has 2 aliphatic rings. The minimum absolute atomic E-state index is 0.000218. The average molecular weight is 570 g/mol. The highest BCUT2D eigenvalue weighted by molar-refractivity contribution is 9.10. The van der Waals surface area contributed by atoms with Crippen LogP contribution in [0.4, 0.5) is 13.2 Å². The van der Waals surface area contributed by atoms with Crippen LogP contribution in [-0.4, -0.2) is 74.0 Å². The summed E-state index contributed by atoms with van der Waals surface area (Å²) in [5, 5.41) is 19.6. The van der Waals surface area contributed by atoms with Crippen molar-refractivity contribution in [3.8, 4) is 11.8 Å². The predicted molar refractivity (Wildman–Crippen MR) is 117 cm³/mol. The number of alkyl halides is 3. The Morgan fingerprint density at radius 1 is 1.32 bits per heavy atom. The maximum absolute atomic E-state index is 12.6. The third-order valence-electron chi connectivity index (χ3n) is 5.24. The molecule has 9 nitrogen and oxygen atoms in total. The molecule has 3 atom stereocenters. The number of hydrogen-bond acceptors (Lipinski definition) is 7. The number of aliphatic carboxylic acids is 1. The lowest BCUT2D eigenvalue weighted by molar-refractivity contribution is -0.192. The van der Waals surface area contributed by atoms with Gasteiger partial charge in [-0.1, -0.05) is 0 Å². The van der Waals surface area contributed by atoms with Crippen LogP contribution >= 0.6 is 15.9 Å². The Morgan fingerprint density at radius 2 is 1.97 bits per heavy atom. The second-order valence-electron chi connectivity index (χ2n) is 7.79. The first-order chi connectivity index (χ1) is 15.7. The number of ether oxygens (including phenoxy) is 1. The van der Waals surface area contributed by atoms with E-state index in [1.807, 2.05) is 0 Å². The summed E-state index contributed by atoms with van der Waals surface area (Å²) in [6, 6.07) is 6.31. The van der Waals surface area contributed by atoms with E-state index in [2.05, 4.69) is 27.3 Å². The second kappa shape index (κ2) is 11.4. The molecule has 14 heteroatoms. The molecule has 0 unspecified atom stereocenters. The molecule has 2 aliphatic heterocycles. The van der Waals surface area contributed by atoms with E-state index in [-0.39, 0.29) is 28.9 Å². The highest BCUT2D eigenvalue weighted by Gasteiger charge is 2.38. The first-order valence-corrected chi connectivity index (χ1v) is 12.8. The van der Waals surface area contributed by atoms with Gasteiger partial charge in [-0.05, 0) is 59.8 Å². The molecule has 2 heterocycles. The number of carboxylic acids is 1. The van der Waals surface area contributed by atoms with E-state index in [4.69, 9.17) is 19.9 Å². The van der Waals surface area contributed by atoms with Crippen LogP contribution in [-0.2, 0) is 19.4 Å². The van der Waals surface area contributed by atoms with Crippen molar-refractivity contribution in [1.82, 2.24) is 10.2 Å². The summed E-state index contributed by atoms with van der Waals surface area (Å²) in [5.41, 5.74) is 0. The fourth-order valence-electron chi connectivity index (χ4n) is 3.53. The van der Waals surface area contributed by atoms with Gasteiger partial charge in [0.15, 0.2) is 9.84 Å². The fourth-order valence-corrected chi connectivity index (χ4v) is 4.82. The molecular weight excluding hydrogens is 547 g/mol. The SMILES string of the molecule is CS(=O)(=O)c1ccc(OC[C@H]2CC[C@@H](C(=O)N3CCC[C@H]3C#N)N2)c(Br)c1.O=C(O)C(F)(F)F. The molecule has 1 amide bonds. The molecule has 0 aliphatic carbocycles. The van der Waals surface area contributed by atoms with Gasteiger partial charge in [0.2, 0.25) is 5.91 Å². The van der Waals surface area contributed by atoms with Crippen molar-refractivity contribution in [2.45, 2.75) is 54.9 Å². The Morgan fingerprint density at radius 3 is 2.50 bits per heavy atom. The average Bonchev–Trinajstić information content (AvgIpc) is 3.41. The summed E-state index contributed by atoms with van der Waals surface area (Å²) in [5.74, 6) is -2.20. The molecule has 0 spiro atoms. The number of rotatable bonds is 5. The maximum atomic E-state index is 12.6. The number of carbonyl (C=O) groups excluding carboxylic acids is 1. The van der Waals surface area contributed by atoms with Gasteiger partial charge in [-0.25, -0.2) is 13.2 Å². The molecule has 188 valence electrons. The van der Waals surface area contributed by atoms with Crippen LogP contribution in [0.5, 0.6) is 5.75 Å². The van der Waals surface area contributed by atoms with E-state index < -0.39 is 22.0 Å². The number of nitriles is 1. The van der Waals surface area contributed by atoms with Gasteiger partial charge in [0, 0.05) is 18.8 Å². The van der Waals surface area contributed by atoms with E-state index in [0.717, 1.165) is 31.9 Å². The number of halogens is 4. The van der Waals surface area contributed by atoms with E-state index in [1.54, 1.807) is 11.0 Å². The Bertz CT molecular complexity index is 1060. The number of carboxylic acid groups (broad SMARTS) is 1. The first kappa shape index (κ1) is 27.9. The largest absolute Gasteiger partial charge is 0.491 e. The Balaban J connectivity index is 0.000000509. The number of amides is 1. The second-order valence-corrected chi connectivity index (χ2v) is 10.7. The Labute approximate surface area is 202 Å². The van der Waals surface area contributed by atoms with Crippen LogP contribution < -0.4 is 10.1 Å². The lowest BCUT2D eigenvalue weighted by Crippen LogP contribution is -2.47. The molecule has 2 N–H and O–H groups in total. The normalized spacial score (nSPS) is 22.5. The highest BCUT2D eigenvalue weighted by Crippen LogP contribution is 2.29. The van der Waals surface area contributed by atoms with Crippen LogP contribution in [0.1, 0.15) is 25.7 Å². The van der Waals surface area contributed by atoms with Crippen molar-refractivity contribution in [3.63, 3.8) is 0 Å². The molecule has 0 bridgehead atoms. The molecule has 0 radical (unpaired) electrons. The van der Waals surface area contributed by atoms with Crippen molar-refractivity contribution in [1.29, 1.82) is 5.26 Å². The smallest absolute Gasteiger partial charge is 0.490 e. The molecule has 0 saturated carbocycles. The third-order valence-corrected chi connectivity index (χ3v) is 6.97. The lowest BCUT2D eigenvalue weighted by atomic mass is 10.1. The van der Waals surface area contributed by atoms with Gasteiger partial charge in [-0.2, -0.15) is 18.4 Å². The van der Waals surface area contributed by atoms with Gasteiger partial charge in [-0.3, -0.25) is 10.1 Å². The number of carbonyl (C=O) groups is 2. The zero-order valence-corrected chi connectivity index (χ0v) is 20.4. The van der Waals surface area contributed by atoms with Crippen LogP contribution in [0.25, 0.3) is 0 Å². The third kappa shape index (κ3) is 7.57. The van der Waals surface area contributed by atoms with Crippen LogP contribution in [0.2, 0.25) is 0 Å². The predicted octanol–water partition coefficient (Wildman–Crippen LogP) is 2.50. The number of nitrogens with one attached hydrogen (secondary N) is 1. The van der Waals surface area contributed by atoms with Crippen molar-refractivity contribution in [2.75, 3.05) is 19.4 Å². The van der Waals surface area contributed by atoms with E-state index >= 15 is 0 Å². The summed E-state index contributed by atoms with van der Waals surface area (Å²) in [6.07, 6.45) is -0.776. The zero-order valence-electron chi connectivity index (χ0n) is 18.0. The number of hydrogen-bond donors (Lipinski definition) is 2. The van der Waals surface area contributed by atoms with Gasteiger partial charge in [-0.15, -0.1) is 0 Å². The Hall–Kier alpha value is -2.37. The number of benzene rings is 1. The van der Waals surface area contributed by atoms with Crippen molar-refractivity contribution >= 4 is 37.6 Å². The number of sulfone groups is 1. The molecule has 2 saturated heterocycles. The van der Waals surface area contributed by atoms with Crippen molar-refractivity contribution < 1.29 is 41.0 Å². The zero-order chi connectivity index (χ0) is 25.7. The monoisotopic (exact) mass is 569 g/mol. The first-order valence-electron chi connectivity index (χ1n) is 10.1.